The minimum Gasteiger partial charge on any atom is -0.481 e. The lowest BCUT2D eigenvalue weighted by molar-refractivity contribution is -0.147. The summed E-state index contributed by atoms with van der Waals surface area (Å²) in [7, 11) is 0. The van der Waals surface area contributed by atoms with E-state index >= 15 is 0 Å². The van der Waals surface area contributed by atoms with Gasteiger partial charge in [-0.25, -0.2) is 0 Å². The van der Waals surface area contributed by atoms with E-state index in [0.29, 0.717) is 36.5 Å². The van der Waals surface area contributed by atoms with E-state index in [0.717, 1.165) is 5.69 Å². The Bertz CT molecular complexity index is 553. The highest BCUT2D eigenvalue weighted by Gasteiger charge is 2.43. The molecule has 0 bridgehead atoms. The van der Waals surface area contributed by atoms with Gasteiger partial charge in [0.1, 0.15) is 6.07 Å². The smallest absolute Gasteiger partial charge is 0.311 e. The number of hydrogen-bond donors (Lipinski definition) is 1. The zero-order chi connectivity index (χ0) is 14.0. The molecule has 1 aliphatic heterocycles. The van der Waals surface area contributed by atoms with Crippen LogP contribution in [0.1, 0.15) is 25.3 Å². The van der Waals surface area contributed by atoms with E-state index in [1.54, 1.807) is 18.2 Å². The first kappa shape index (κ1) is 13.7. The van der Waals surface area contributed by atoms with Crippen LogP contribution in [0.15, 0.2) is 18.2 Å². The molecule has 0 aromatic heterocycles. The lowest BCUT2D eigenvalue weighted by Crippen LogP contribution is -2.34. The van der Waals surface area contributed by atoms with E-state index in [2.05, 4.69) is 6.07 Å². The Balaban J connectivity index is 2.34. The van der Waals surface area contributed by atoms with Crippen LogP contribution in [0, 0.1) is 16.7 Å². The molecule has 1 aliphatic rings. The first-order valence-corrected chi connectivity index (χ1v) is 6.58. The summed E-state index contributed by atoms with van der Waals surface area (Å²) >= 11 is 5.97. The van der Waals surface area contributed by atoms with Crippen LogP contribution in [0.5, 0.6) is 0 Å². The van der Waals surface area contributed by atoms with Gasteiger partial charge in [0.2, 0.25) is 0 Å². The summed E-state index contributed by atoms with van der Waals surface area (Å²) in [5.41, 5.74) is 0.544. The van der Waals surface area contributed by atoms with Crippen LogP contribution in [0.4, 0.5) is 5.69 Å². The molecule has 1 atom stereocenters. The van der Waals surface area contributed by atoms with Gasteiger partial charge in [-0.2, -0.15) is 5.26 Å². The van der Waals surface area contributed by atoms with Crippen LogP contribution in [0.3, 0.4) is 0 Å². The maximum atomic E-state index is 11.4. The van der Waals surface area contributed by atoms with Gasteiger partial charge in [-0.05, 0) is 31.0 Å². The second kappa shape index (κ2) is 5.10. The predicted molar refractivity (Wildman–Crippen MR) is 73.4 cm³/mol. The SMILES string of the molecule is CCC1(C(=O)O)CCN(c2cc(Cl)ccc2C#N)C1. The zero-order valence-corrected chi connectivity index (χ0v) is 11.4. The summed E-state index contributed by atoms with van der Waals surface area (Å²) in [6, 6.07) is 7.20. The van der Waals surface area contributed by atoms with Crippen LogP contribution in [-0.2, 0) is 4.79 Å². The van der Waals surface area contributed by atoms with Crippen molar-refractivity contribution in [2.45, 2.75) is 19.8 Å². The number of carbonyl (C=O) groups is 1. The number of nitrogens with zero attached hydrogens (tertiary/aromatic N) is 2. The van der Waals surface area contributed by atoms with Crippen LogP contribution >= 0.6 is 11.6 Å². The molecule has 0 saturated carbocycles. The molecule has 1 unspecified atom stereocenters. The fourth-order valence-corrected chi connectivity index (χ4v) is 2.72. The molecular formula is C14H15ClN2O2. The number of nitriles is 1. The molecule has 2 rings (SSSR count). The maximum Gasteiger partial charge on any atom is 0.311 e. The number of carboxylic acid groups (broad SMARTS) is 1. The third-order valence-electron chi connectivity index (χ3n) is 3.91. The molecule has 0 radical (unpaired) electrons. The van der Waals surface area contributed by atoms with Crippen molar-refractivity contribution in [3.8, 4) is 6.07 Å². The number of benzene rings is 1. The van der Waals surface area contributed by atoms with E-state index in [9.17, 15) is 9.90 Å². The van der Waals surface area contributed by atoms with Gasteiger partial charge < -0.3 is 10.0 Å². The fourth-order valence-electron chi connectivity index (χ4n) is 2.55. The number of halogens is 1. The molecule has 4 nitrogen and oxygen atoms in total. The van der Waals surface area contributed by atoms with E-state index in [1.165, 1.54) is 0 Å². The normalized spacial score (nSPS) is 22.3. The van der Waals surface area contributed by atoms with Crippen molar-refractivity contribution in [3.05, 3.63) is 28.8 Å². The number of carboxylic acids is 1. The lowest BCUT2D eigenvalue weighted by Gasteiger charge is -2.24. The van der Waals surface area contributed by atoms with Crippen molar-refractivity contribution in [3.63, 3.8) is 0 Å². The molecule has 1 fully saturated rings. The molecule has 5 heteroatoms. The Kier molecular flexibility index (Phi) is 3.68. The minimum atomic E-state index is -0.766. The molecule has 19 heavy (non-hydrogen) atoms. The molecule has 1 heterocycles. The highest BCUT2D eigenvalue weighted by molar-refractivity contribution is 6.30. The van der Waals surface area contributed by atoms with Crippen molar-refractivity contribution in [2.24, 2.45) is 5.41 Å². The van der Waals surface area contributed by atoms with Gasteiger partial charge in [-0.1, -0.05) is 18.5 Å². The van der Waals surface area contributed by atoms with E-state index in [-0.39, 0.29) is 0 Å². The van der Waals surface area contributed by atoms with Crippen molar-refractivity contribution in [1.82, 2.24) is 0 Å². The summed E-state index contributed by atoms with van der Waals surface area (Å²) in [5.74, 6) is -0.766. The minimum absolute atomic E-state index is 0.424. The van der Waals surface area contributed by atoms with Gasteiger partial charge in [0, 0.05) is 18.1 Å². The van der Waals surface area contributed by atoms with Crippen molar-refractivity contribution in [1.29, 1.82) is 5.26 Å². The predicted octanol–water partition coefficient (Wildman–Crippen LogP) is 2.90. The molecular weight excluding hydrogens is 264 g/mol. The molecule has 0 aliphatic carbocycles. The van der Waals surface area contributed by atoms with Crippen LogP contribution < -0.4 is 4.90 Å². The van der Waals surface area contributed by atoms with Gasteiger partial charge >= 0.3 is 5.97 Å². The Morgan fingerprint density at radius 2 is 2.37 bits per heavy atom. The van der Waals surface area contributed by atoms with Crippen LogP contribution in [0.25, 0.3) is 0 Å². The van der Waals surface area contributed by atoms with Gasteiger partial charge in [0.25, 0.3) is 0 Å². The molecule has 100 valence electrons. The van der Waals surface area contributed by atoms with E-state index in [1.807, 2.05) is 11.8 Å². The number of aliphatic carboxylic acids is 1. The number of anilines is 1. The number of hydrogen-bond acceptors (Lipinski definition) is 3. The standard InChI is InChI=1S/C14H15ClN2O2/c1-2-14(13(18)19)5-6-17(9-14)12-7-11(15)4-3-10(12)8-16/h3-4,7H,2,5-6,9H2,1H3,(H,18,19). The quantitative estimate of drug-likeness (QED) is 0.923. The Morgan fingerprint density at radius 3 is 2.89 bits per heavy atom. The van der Waals surface area contributed by atoms with Gasteiger partial charge in [0.05, 0.1) is 16.7 Å². The molecule has 1 N–H and O–H groups in total. The fraction of sp³-hybridized carbons (Fsp3) is 0.429. The summed E-state index contributed by atoms with van der Waals surface area (Å²) in [4.78, 5) is 13.4. The van der Waals surface area contributed by atoms with Gasteiger partial charge in [-0.3, -0.25) is 4.79 Å². The summed E-state index contributed by atoms with van der Waals surface area (Å²) in [6.45, 7) is 2.95. The lowest BCUT2D eigenvalue weighted by atomic mass is 9.84. The Labute approximate surface area is 117 Å². The average molecular weight is 279 g/mol. The maximum absolute atomic E-state index is 11.4. The first-order chi connectivity index (χ1) is 9.02. The molecule has 1 saturated heterocycles. The van der Waals surface area contributed by atoms with Crippen molar-refractivity contribution in [2.75, 3.05) is 18.0 Å². The topological polar surface area (TPSA) is 64.3 Å². The molecule has 1 aromatic carbocycles. The van der Waals surface area contributed by atoms with Crippen molar-refractivity contribution < 1.29 is 9.90 Å². The largest absolute Gasteiger partial charge is 0.481 e. The number of rotatable bonds is 3. The van der Waals surface area contributed by atoms with E-state index < -0.39 is 11.4 Å². The summed E-state index contributed by atoms with van der Waals surface area (Å²) in [5, 5.41) is 19.1. The third kappa shape index (κ3) is 2.39. The van der Waals surface area contributed by atoms with E-state index in [4.69, 9.17) is 16.9 Å². The molecule has 0 spiro atoms. The Hall–Kier alpha value is -1.73. The van der Waals surface area contributed by atoms with Crippen LogP contribution in [-0.4, -0.2) is 24.2 Å². The third-order valence-corrected chi connectivity index (χ3v) is 4.14. The summed E-state index contributed by atoms with van der Waals surface area (Å²) in [6.07, 6.45) is 1.18. The highest BCUT2D eigenvalue weighted by atomic mass is 35.5. The second-order valence-corrected chi connectivity index (χ2v) is 5.32. The average Bonchev–Trinajstić information content (AvgIpc) is 2.84. The highest BCUT2D eigenvalue weighted by Crippen LogP contribution is 2.38. The first-order valence-electron chi connectivity index (χ1n) is 6.20. The van der Waals surface area contributed by atoms with Gasteiger partial charge in [0.15, 0.2) is 0 Å². The van der Waals surface area contributed by atoms with Gasteiger partial charge in [-0.15, -0.1) is 0 Å². The van der Waals surface area contributed by atoms with Crippen LogP contribution in [0.2, 0.25) is 5.02 Å². The molecule has 0 amide bonds. The zero-order valence-electron chi connectivity index (χ0n) is 10.7. The second-order valence-electron chi connectivity index (χ2n) is 4.88. The van der Waals surface area contributed by atoms with Crippen molar-refractivity contribution >= 4 is 23.3 Å². The monoisotopic (exact) mass is 278 g/mol. The summed E-state index contributed by atoms with van der Waals surface area (Å²) < 4.78 is 0. The molecule has 1 aromatic rings. The Morgan fingerprint density at radius 1 is 1.63 bits per heavy atom.